The molecule has 0 unspecified atom stereocenters. The highest BCUT2D eigenvalue weighted by Gasteiger charge is 2.32. The number of benzene rings is 2. The molecule has 0 saturated carbocycles. The van der Waals surface area contributed by atoms with Gasteiger partial charge in [-0.1, -0.05) is 0 Å². The van der Waals surface area contributed by atoms with Crippen LogP contribution in [0.4, 0.5) is 27.5 Å². The number of aromatic nitrogens is 2. The highest BCUT2D eigenvalue weighted by atomic mass is 32.2. The molecular formula is C22H24FN5O4S2. The van der Waals surface area contributed by atoms with E-state index < -0.39 is 19.9 Å². The van der Waals surface area contributed by atoms with Crippen LogP contribution in [0.1, 0.15) is 12.8 Å². The molecule has 2 heterocycles. The fourth-order valence-electron chi connectivity index (χ4n) is 3.61. The minimum Gasteiger partial charge on any atom is -0.340 e. The van der Waals surface area contributed by atoms with E-state index in [0.717, 1.165) is 0 Å². The van der Waals surface area contributed by atoms with Crippen LogP contribution in [0.3, 0.4) is 0 Å². The molecule has 4 rings (SSSR count). The molecule has 0 radical (unpaired) electrons. The van der Waals surface area contributed by atoms with Crippen molar-refractivity contribution in [1.82, 2.24) is 14.3 Å². The molecule has 180 valence electrons. The number of hydrogen-bond acceptors (Lipinski definition) is 8. The molecule has 0 bridgehead atoms. The van der Waals surface area contributed by atoms with Gasteiger partial charge in [0.05, 0.1) is 16.4 Å². The minimum absolute atomic E-state index is 0.00266. The van der Waals surface area contributed by atoms with E-state index in [2.05, 4.69) is 20.6 Å². The van der Waals surface area contributed by atoms with Crippen molar-refractivity contribution in [3.8, 4) is 0 Å². The SMILES string of the molecule is CN(C1CCS(=O)(=O)CC1)S(=O)(=O)c1ccc(Nc2ccnc(Nc3ccc(F)cc3)n2)cc1. The fourth-order valence-corrected chi connectivity index (χ4v) is 6.50. The molecule has 34 heavy (non-hydrogen) atoms. The van der Waals surface area contributed by atoms with Gasteiger partial charge in [-0.3, -0.25) is 0 Å². The Bertz CT molecular complexity index is 1350. The molecule has 2 aromatic carbocycles. The standard InChI is InChI=1S/C22H24FN5O4S2/c1-28(19-11-14-33(29,30)15-12-19)34(31,32)20-8-6-17(7-9-20)25-21-10-13-24-22(27-21)26-18-4-2-16(23)3-5-18/h2-10,13,19H,11-12,14-15H2,1H3,(H2,24,25,26,27). The molecule has 0 amide bonds. The Kier molecular flexibility index (Phi) is 6.82. The van der Waals surface area contributed by atoms with E-state index in [4.69, 9.17) is 0 Å². The Morgan fingerprint density at radius 3 is 2.18 bits per heavy atom. The number of rotatable bonds is 7. The summed E-state index contributed by atoms with van der Waals surface area (Å²) in [6, 6.07) is 13.3. The zero-order valence-corrected chi connectivity index (χ0v) is 20.0. The summed E-state index contributed by atoms with van der Waals surface area (Å²) in [6.07, 6.45) is 2.14. The van der Waals surface area contributed by atoms with Crippen LogP contribution in [-0.2, 0) is 19.9 Å². The van der Waals surface area contributed by atoms with Crippen LogP contribution < -0.4 is 10.6 Å². The first-order valence-corrected chi connectivity index (χ1v) is 13.8. The summed E-state index contributed by atoms with van der Waals surface area (Å²) < 4.78 is 63.6. The molecule has 0 aliphatic carbocycles. The van der Waals surface area contributed by atoms with E-state index in [1.165, 1.54) is 35.6 Å². The van der Waals surface area contributed by atoms with E-state index in [9.17, 15) is 21.2 Å². The first kappa shape index (κ1) is 24.0. The van der Waals surface area contributed by atoms with Crippen molar-refractivity contribution in [2.24, 2.45) is 0 Å². The number of nitrogens with one attached hydrogen (secondary N) is 2. The number of sulfonamides is 1. The van der Waals surface area contributed by atoms with Crippen molar-refractivity contribution in [3.05, 3.63) is 66.6 Å². The Morgan fingerprint density at radius 2 is 1.53 bits per heavy atom. The van der Waals surface area contributed by atoms with Crippen LogP contribution in [-0.4, -0.2) is 55.7 Å². The smallest absolute Gasteiger partial charge is 0.243 e. The first-order valence-electron chi connectivity index (χ1n) is 10.5. The predicted molar refractivity (Wildman–Crippen MR) is 128 cm³/mol. The van der Waals surface area contributed by atoms with E-state index in [0.29, 0.717) is 36.0 Å². The van der Waals surface area contributed by atoms with Crippen molar-refractivity contribution >= 4 is 43.0 Å². The summed E-state index contributed by atoms with van der Waals surface area (Å²) in [5.74, 6) is 0.446. The van der Waals surface area contributed by atoms with Crippen LogP contribution in [0.2, 0.25) is 0 Å². The number of nitrogens with zero attached hydrogens (tertiary/aromatic N) is 3. The normalized spacial score (nSPS) is 16.3. The number of halogens is 1. The lowest BCUT2D eigenvalue weighted by molar-refractivity contribution is 0.342. The van der Waals surface area contributed by atoms with E-state index in [1.54, 1.807) is 36.5 Å². The Hall–Kier alpha value is -3.09. The van der Waals surface area contributed by atoms with Gasteiger partial charge in [0.1, 0.15) is 21.5 Å². The van der Waals surface area contributed by atoms with Crippen molar-refractivity contribution in [2.45, 2.75) is 23.8 Å². The third-order valence-electron chi connectivity index (χ3n) is 5.60. The average molecular weight is 506 g/mol. The molecule has 1 aliphatic heterocycles. The van der Waals surface area contributed by atoms with Crippen molar-refractivity contribution in [2.75, 3.05) is 29.2 Å². The molecule has 0 spiro atoms. The average Bonchev–Trinajstić information content (AvgIpc) is 2.81. The summed E-state index contributed by atoms with van der Waals surface area (Å²) in [5.41, 5.74) is 1.25. The van der Waals surface area contributed by atoms with E-state index in [-0.39, 0.29) is 28.3 Å². The van der Waals surface area contributed by atoms with E-state index >= 15 is 0 Å². The second kappa shape index (κ2) is 9.65. The summed E-state index contributed by atoms with van der Waals surface area (Å²) in [7, 11) is -5.35. The summed E-state index contributed by atoms with van der Waals surface area (Å²) in [6.45, 7) is 0. The van der Waals surface area contributed by atoms with Gasteiger partial charge in [-0.05, 0) is 67.4 Å². The first-order chi connectivity index (χ1) is 16.1. The second-order valence-electron chi connectivity index (χ2n) is 7.95. The summed E-state index contributed by atoms with van der Waals surface area (Å²) in [5, 5.41) is 6.08. The Labute approximate surface area is 198 Å². The fraction of sp³-hybridized carbons (Fsp3) is 0.273. The number of anilines is 4. The van der Waals surface area contributed by atoms with Gasteiger partial charge in [-0.15, -0.1) is 0 Å². The minimum atomic E-state index is -3.76. The molecule has 1 aromatic heterocycles. The Balaban J connectivity index is 1.43. The van der Waals surface area contributed by atoms with Gasteiger partial charge in [0.2, 0.25) is 16.0 Å². The molecular weight excluding hydrogens is 481 g/mol. The monoisotopic (exact) mass is 505 g/mol. The van der Waals surface area contributed by atoms with Gasteiger partial charge < -0.3 is 10.6 Å². The maximum absolute atomic E-state index is 13.1. The highest BCUT2D eigenvalue weighted by Crippen LogP contribution is 2.25. The van der Waals surface area contributed by atoms with Crippen molar-refractivity contribution in [3.63, 3.8) is 0 Å². The molecule has 3 aromatic rings. The molecule has 9 nitrogen and oxygen atoms in total. The molecule has 1 aliphatic rings. The van der Waals surface area contributed by atoms with Crippen molar-refractivity contribution < 1.29 is 21.2 Å². The van der Waals surface area contributed by atoms with Gasteiger partial charge in [-0.2, -0.15) is 9.29 Å². The molecule has 12 heteroatoms. The molecule has 1 saturated heterocycles. The predicted octanol–water partition coefficient (Wildman–Crippen LogP) is 3.30. The van der Waals surface area contributed by atoms with Crippen LogP contribution in [0.25, 0.3) is 0 Å². The highest BCUT2D eigenvalue weighted by molar-refractivity contribution is 7.91. The van der Waals surface area contributed by atoms with Crippen LogP contribution >= 0.6 is 0 Å². The summed E-state index contributed by atoms with van der Waals surface area (Å²) >= 11 is 0. The van der Waals surface area contributed by atoms with Gasteiger partial charge in [0.15, 0.2) is 0 Å². The third-order valence-corrected chi connectivity index (χ3v) is 9.24. The maximum Gasteiger partial charge on any atom is 0.243 e. The topological polar surface area (TPSA) is 121 Å². The van der Waals surface area contributed by atoms with Gasteiger partial charge >= 0.3 is 0 Å². The van der Waals surface area contributed by atoms with Crippen molar-refractivity contribution in [1.29, 1.82) is 0 Å². The summed E-state index contributed by atoms with van der Waals surface area (Å²) in [4.78, 5) is 8.62. The zero-order valence-electron chi connectivity index (χ0n) is 18.3. The van der Waals surface area contributed by atoms with Gasteiger partial charge in [0.25, 0.3) is 0 Å². The number of hydrogen-bond donors (Lipinski definition) is 2. The molecule has 1 fully saturated rings. The lowest BCUT2D eigenvalue weighted by atomic mass is 10.2. The van der Waals surface area contributed by atoms with Gasteiger partial charge in [0, 0.05) is 30.7 Å². The third kappa shape index (κ3) is 5.69. The van der Waals surface area contributed by atoms with E-state index in [1.807, 2.05) is 0 Å². The van der Waals surface area contributed by atoms with Crippen LogP contribution in [0.15, 0.2) is 65.7 Å². The zero-order chi connectivity index (χ0) is 24.3. The molecule has 0 atom stereocenters. The second-order valence-corrected chi connectivity index (χ2v) is 12.3. The van der Waals surface area contributed by atoms with Crippen LogP contribution in [0, 0.1) is 5.82 Å². The largest absolute Gasteiger partial charge is 0.340 e. The number of sulfone groups is 1. The maximum atomic E-state index is 13.1. The quantitative estimate of drug-likeness (QED) is 0.502. The van der Waals surface area contributed by atoms with Crippen LogP contribution in [0.5, 0.6) is 0 Å². The lowest BCUT2D eigenvalue weighted by Crippen LogP contribution is -2.42. The molecule has 2 N–H and O–H groups in total. The Morgan fingerprint density at radius 1 is 0.941 bits per heavy atom. The lowest BCUT2D eigenvalue weighted by Gasteiger charge is -2.30. The van der Waals surface area contributed by atoms with Gasteiger partial charge in [-0.25, -0.2) is 26.2 Å².